The van der Waals surface area contributed by atoms with Crippen molar-refractivity contribution in [3.8, 4) is 0 Å². The molecule has 1 aliphatic carbocycles. The van der Waals surface area contributed by atoms with Crippen LogP contribution in [0.1, 0.15) is 32.6 Å². The van der Waals surface area contributed by atoms with Crippen LogP contribution >= 0.6 is 0 Å². The van der Waals surface area contributed by atoms with Crippen LogP contribution in [0.5, 0.6) is 0 Å². The molecule has 4 nitrogen and oxygen atoms in total. The molecule has 4 atom stereocenters. The van der Waals surface area contributed by atoms with Gasteiger partial charge in [0.1, 0.15) is 0 Å². The van der Waals surface area contributed by atoms with Crippen LogP contribution in [0.15, 0.2) is 0 Å². The van der Waals surface area contributed by atoms with E-state index in [9.17, 15) is 9.32 Å². The SMILES string of the molecule is CC1CCCCC1OCC(O)CNCCS(C)=O. The summed E-state index contributed by atoms with van der Waals surface area (Å²) in [6.45, 7) is 3.82. The summed E-state index contributed by atoms with van der Waals surface area (Å²) in [5.74, 6) is 1.24. The van der Waals surface area contributed by atoms with Crippen LogP contribution < -0.4 is 5.32 Å². The molecule has 2 N–H and O–H groups in total. The summed E-state index contributed by atoms with van der Waals surface area (Å²) >= 11 is 0. The fraction of sp³-hybridized carbons (Fsp3) is 1.00. The first kappa shape index (κ1) is 16.1. The van der Waals surface area contributed by atoms with Crippen molar-refractivity contribution in [3.05, 3.63) is 0 Å². The van der Waals surface area contributed by atoms with Gasteiger partial charge < -0.3 is 15.2 Å². The Hall–Kier alpha value is 0.0300. The van der Waals surface area contributed by atoms with Crippen LogP contribution in [0.3, 0.4) is 0 Å². The lowest BCUT2D eigenvalue weighted by atomic mass is 9.88. The second kappa shape index (κ2) is 9.02. The highest BCUT2D eigenvalue weighted by Crippen LogP contribution is 2.26. The summed E-state index contributed by atoms with van der Waals surface area (Å²) in [5, 5.41) is 12.9. The Morgan fingerprint density at radius 2 is 2.17 bits per heavy atom. The first-order chi connectivity index (χ1) is 8.59. The van der Waals surface area contributed by atoms with Gasteiger partial charge in [-0.25, -0.2) is 0 Å². The minimum atomic E-state index is -0.768. The molecule has 18 heavy (non-hydrogen) atoms. The van der Waals surface area contributed by atoms with Gasteiger partial charge in [0, 0.05) is 35.9 Å². The van der Waals surface area contributed by atoms with E-state index in [1.54, 1.807) is 6.26 Å². The molecule has 0 aliphatic heterocycles. The lowest BCUT2D eigenvalue weighted by Gasteiger charge is -2.29. The molecule has 0 aromatic heterocycles. The lowest BCUT2D eigenvalue weighted by molar-refractivity contribution is -0.0450. The van der Waals surface area contributed by atoms with Crippen molar-refractivity contribution in [2.45, 2.75) is 44.8 Å². The first-order valence-electron chi connectivity index (χ1n) is 6.90. The molecule has 5 heteroatoms. The summed E-state index contributed by atoms with van der Waals surface area (Å²) in [5.41, 5.74) is 0. The topological polar surface area (TPSA) is 58.6 Å². The van der Waals surface area contributed by atoms with Gasteiger partial charge in [-0.05, 0) is 18.8 Å². The molecule has 0 saturated heterocycles. The molecule has 1 rings (SSSR count). The molecular weight excluding hydrogens is 250 g/mol. The third-order valence-corrected chi connectivity index (χ3v) is 4.26. The van der Waals surface area contributed by atoms with Crippen LogP contribution in [0.25, 0.3) is 0 Å². The number of rotatable bonds is 8. The minimum Gasteiger partial charge on any atom is -0.389 e. The van der Waals surface area contributed by atoms with Crippen molar-refractivity contribution < 1.29 is 14.1 Å². The Bertz CT molecular complexity index is 250. The van der Waals surface area contributed by atoms with Gasteiger partial charge in [0.2, 0.25) is 0 Å². The van der Waals surface area contributed by atoms with Crippen molar-refractivity contribution in [1.29, 1.82) is 0 Å². The van der Waals surface area contributed by atoms with Gasteiger partial charge in [0.15, 0.2) is 0 Å². The Labute approximate surface area is 113 Å². The van der Waals surface area contributed by atoms with Crippen molar-refractivity contribution >= 4 is 10.8 Å². The molecule has 0 heterocycles. The number of hydrogen-bond donors (Lipinski definition) is 2. The van der Waals surface area contributed by atoms with Gasteiger partial charge in [-0.3, -0.25) is 4.21 Å². The van der Waals surface area contributed by atoms with Crippen LogP contribution in [0.2, 0.25) is 0 Å². The zero-order valence-corrected chi connectivity index (χ0v) is 12.4. The lowest BCUT2D eigenvalue weighted by Crippen LogP contribution is -2.35. The maximum absolute atomic E-state index is 10.8. The highest BCUT2D eigenvalue weighted by atomic mass is 32.2. The van der Waals surface area contributed by atoms with E-state index in [4.69, 9.17) is 4.74 Å². The Kier molecular flexibility index (Phi) is 8.06. The number of nitrogens with one attached hydrogen (secondary N) is 1. The van der Waals surface area contributed by atoms with E-state index in [2.05, 4.69) is 12.2 Å². The smallest absolute Gasteiger partial charge is 0.0897 e. The third kappa shape index (κ3) is 6.83. The minimum absolute atomic E-state index is 0.316. The molecule has 4 unspecified atom stereocenters. The molecular formula is C13H27NO3S. The molecule has 0 aromatic rings. The van der Waals surface area contributed by atoms with Crippen molar-refractivity contribution in [1.82, 2.24) is 5.32 Å². The van der Waals surface area contributed by atoms with E-state index in [1.165, 1.54) is 19.3 Å². The van der Waals surface area contributed by atoms with Gasteiger partial charge in [0.25, 0.3) is 0 Å². The summed E-state index contributed by atoms with van der Waals surface area (Å²) in [6, 6.07) is 0. The first-order valence-corrected chi connectivity index (χ1v) is 8.62. The van der Waals surface area contributed by atoms with E-state index in [0.717, 1.165) is 6.42 Å². The van der Waals surface area contributed by atoms with Crippen molar-refractivity contribution in [2.24, 2.45) is 5.92 Å². The fourth-order valence-electron chi connectivity index (χ4n) is 2.31. The Morgan fingerprint density at radius 3 is 2.83 bits per heavy atom. The summed E-state index contributed by atoms with van der Waals surface area (Å²) in [6.07, 6.45) is 6.44. The third-order valence-electron chi connectivity index (χ3n) is 3.48. The largest absolute Gasteiger partial charge is 0.389 e. The van der Waals surface area contributed by atoms with Crippen molar-refractivity contribution in [3.63, 3.8) is 0 Å². The molecule has 1 aliphatic rings. The van der Waals surface area contributed by atoms with Gasteiger partial charge in [-0.1, -0.05) is 19.8 Å². The quantitative estimate of drug-likeness (QED) is 0.648. The van der Waals surface area contributed by atoms with Crippen LogP contribution in [-0.4, -0.2) is 53.2 Å². The van der Waals surface area contributed by atoms with Gasteiger partial charge in [-0.15, -0.1) is 0 Å². The molecule has 0 bridgehead atoms. The number of ether oxygens (including phenoxy) is 1. The zero-order chi connectivity index (χ0) is 13.4. The molecule has 0 amide bonds. The Morgan fingerprint density at radius 1 is 1.44 bits per heavy atom. The predicted octanol–water partition coefficient (Wildman–Crippen LogP) is 0.911. The van der Waals surface area contributed by atoms with Crippen LogP contribution in [0, 0.1) is 5.92 Å². The number of hydrogen-bond acceptors (Lipinski definition) is 4. The summed E-state index contributed by atoms with van der Waals surface area (Å²) in [7, 11) is -0.768. The van der Waals surface area contributed by atoms with E-state index in [-0.39, 0.29) is 0 Å². The Balaban J connectivity index is 2.05. The van der Waals surface area contributed by atoms with Crippen molar-refractivity contribution in [2.75, 3.05) is 31.7 Å². The monoisotopic (exact) mass is 277 g/mol. The molecule has 0 spiro atoms. The molecule has 1 fully saturated rings. The number of aliphatic hydroxyl groups is 1. The highest BCUT2D eigenvalue weighted by Gasteiger charge is 2.22. The van der Waals surface area contributed by atoms with E-state index < -0.39 is 16.9 Å². The fourth-order valence-corrected chi connectivity index (χ4v) is 2.74. The molecule has 1 saturated carbocycles. The second-order valence-electron chi connectivity index (χ2n) is 5.27. The van der Waals surface area contributed by atoms with Gasteiger partial charge >= 0.3 is 0 Å². The number of aliphatic hydroxyl groups excluding tert-OH is 1. The maximum atomic E-state index is 10.8. The van der Waals surface area contributed by atoms with E-state index >= 15 is 0 Å². The molecule has 0 radical (unpaired) electrons. The predicted molar refractivity (Wildman–Crippen MR) is 75.2 cm³/mol. The van der Waals surface area contributed by atoms with Gasteiger partial charge in [0.05, 0.1) is 18.8 Å². The van der Waals surface area contributed by atoms with E-state index in [0.29, 0.717) is 37.5 Å². The average Bonchev–Trinajstić information content (AvgIpc) is 2.33. The normalized spacial score (nSPS) is 27.9. The van der Waals surface area contributed by atoms with Gasteiger partial charge in [-0.2, -0.15) is 0 Å². The molecule has 108 valence electrons. The van der Waals surface area contributed by atoms with Crippen LogP contribution in [-0.2, 0) is 15.5 Å². The summed E-state index contributed by atoms with van der Waals surface area (Å²) in [4.78, 5) is 0. The zero-order valence-electron chi connectivity index (χ0n) is 11.6. The molecule has 0 aromatic carbocycles. The average molecular weight is 277 g/mol. The second-order valence-corrected chi connectivity index (χ2v) is 6.82. The highest BCUT2D eigenvalue weighted by molar-refractivity contribution is 7.84. The standard InChI is InChI=1S/C13H27NO3S/c1-11-5-3-4-6-13(11)17-10-12(15)9-14-7-8-18(2)16/h11-15H,3-10H2,1-2H3. The van der Waals surface area contributed by atoms with E-state index in [1.807, 2.05) is 0 Å². The maximum Gasteiger partial charge on any atom is 0.0897 e. The summed E-state index contributed by atoms with van der Waals surface area (Å²) < 4.78 is 16.6. The van der Waals surface area contributed by atoms with Crippen LogP contribution in [0.4, 0.5) is 0 Å².